The lowest BCUT2D eigenvalue weighted by Gasteiger charge is -2.09. The third-order valence-electron chi connectivity index (χ3n) is 3.33. The van der Waals surface area contributed by atoms with Crippen LogP contribution in [0.1, 0.15) is 25.0 Å². The number of benzene rings is 1. The number of fused-ring (bicyclic) bond motifs is 1. The molecule has 104 valence electrons. The summed E-state index contributed by atoms with van der Waals surface area (Å²) in [5.74, 6) is 0.856. The van der Waals surface area contributed by atoms with Crippen LogP contribution in [0.5, 0.6) is 0 Å². The molecule has 0 unspecified atom stereocenters. The molecular formula is C15H18N4O. The van der Waals surface area contributed by atoms with E-state index in [-0.39, 0.29) is 5.91 Å². The minimum Gasteiger partial charge on any atom is -0.368 e. The highest BCUT2D eigenvalue weighted by Gasteiger charge is 2.22. The number of aryl methyl sites for hydroxylation is 1. The molecular weight excluding hydrogens is 252 g/mol. The molecule has 1 saturated carbocycles. The molecule has 1 aromatic carbocycles. The number of carbonyl (C=O) groups excluding carboxylic acids is 1. The van der Waals surface area contributed by atoms with Gasteiger partial charge in [0, 0.05) is 19.0 Å². The molecule has 1 heterocycles. The first-order chi connectivity index (χ1) is 9.72. The summed E-state index contributed by atoms with van der Waals surface area (Å²) in [7, 11) is 0. The monoisotopic (exact) mass is 270 g/mol. The van der Waals surface area contributed by atoms with Gasteiger partial charge in [0.1, 0.15) is 5.82 Å². The van der Waals surface area contributed by atoms with E-state index in [0.717, 1.165) is 35.4 Å². The highest BCUT2D eigenvalue weighted by molar-refractivity contribution is 5.78. The Morgan fingerprint density at radius 2 is 1.95 bits per heavy atom. The average molecular weight is 270 g/mol. The maximum atomic E-state index is 11.6. The third kappa shape index (κ3) is 3.04. The van der Waals surface area contributed by atoms with Crippen molar-refractivity contribution in [3.63, 3.8) is 0 Å². The normalized spacial score (nSPS) is 14.2. The van der Waals surface area contributed by atoms with Crippen molar-refractivity contribution in [2.75, 3.05) is 11.9 Å². The Morgan fingerprint density at radius 3 is 2.65 bits per heavy atom. The Kier molecular flexibility index (Phi) is 3.50. The lowest BCUT2D eigenvalue weighted by Crippen LogP contribution is -2.27. The Hall–Kier alpha value is -2.17. The van der Waals surface area contributed by atoms with Crippen LogP contribution in [0, 0.1) is 6.92 Å². The van der Waals surface area contributed by atoms with Crippen LogP contribution in [0.15, 0.2) is 24.3 Å². The number of carbonyl (C=O) groups is 1. The van der Waals surface area contributed by atoms with Gasteiger partial charge in [-0.3, -0.25) is 4.79 Å². The van der Waals surface area contributed by atoms with Crippen molar-refractivity contribution in [3.8, 4) is 0 Å². The minimum atomic E-state index is 0.103. The van der Waals surface area contributed by atoms with Gasteiger partial charge in [-0.15, -0.1) is 0 Å². The Labute approximate surface area is 117 Å². The maximum absolute atomic E-state index is 11.6. The number of para-hydroxylation sites is 2. The van der Waals surface area contributed by atoms with E-state index in [9.17, 15) is 4.79 Å². The van der Waals surface area contributed by atoms with E-state index < -0.39 is 0 Å². The molecule has 1 aliphatic rings. The van der Waals surface area contributed by atoms with E-state index >= 15 is 0 Å². The van der Waals surface area contributed by atoms with Gasteiger partial charge in [0.15, 0.2) is 0 Å². The van der Waals surface area contributed by atoms with Crippen molar-refractivity contribution < 1.29 is 4.79 Å². The summed E-state index contributed by atoms with van der Waals surface area (Å²) >= 11 is 0. The van der Waals surface area contributed by atoms with E-state index in [0.29, 0.717) is 19.0 Å². The molecule has 0 saturated heterocycles. The van der Waals surface area contributed by atoms with Crippen LogP contribution in [0.4, 0.5) is 5.82 Å². The second kappa shape index (κ2) is 5.45. The number of anilines is 1. The van der Waals surface area contributed by atoms with Crippen molar-refractivity contribution in [2.45, 2.75) is 32.2 Å². The van der Waals surface area contributed by atoms with Crippen molar-refractivity contribution in [3.05, 3.63) is 30.0 Å². The minimum absolute atomic E-state index is 0.103. The fraction of sp³-hybridized carbons (Fsp3) is 0.400. The highest BCUT2D eigenvalue weighted by atomic mass is 16.1. The van der Waals surface area contributed by atoms with Gasteiger partial charge >= 0.3 is 0 Å². The summed E-state index contributed by atoms with van der Waals surface area (Å²) < 4.78 is 0. The molecule has 20 heavy (non-hydrogen) atoms. The van der Waals surface area contributed by atoms with Crippen LogP contribution in [0.25, 0.3) is 11.0 Å². The Bertz CT molecular complexity index is 637. The van der Waals surface area contributed by atoms with Gasteiger partial charge in [-0.1, -0.05) is 12.1 Å². The van der Waals surface area contributed by atoms with Crippen molar-refractivity contribution in [1.29, 1.82) is 0 Å². The van der Waals surface area contributed by atoms with Crippen LogP contribution in [-0.4, -0.2) is 28.5 Å². The summed E-state index contributed by atoms with van der Waals surface area (Å²) in [5, 5.41) is 6.16. The Balaban J connectivity index is 1.61. The molecule has 0 radical (unpaired) electrons. The van der Waals surface area contributed by atoms with Crippen LogP contribution >= 0.6 is 0 Å². The van der Waals surface area contributed by atoms with Gasteiger partial charge in [0.25, 0.3) is 0 Å². The van der Waals surface area contributed by atoms with Crippen molar-refractivity contribution in [2.24, 2.45) is 0 Å². The zero-order valence-electron chi connectivity index (χ0n) is 11.5. The van der Waals surface area contributed by atoms with Crippen LogP contribution < -0.4 is 10.6 Å². The van der Waals surface area contributed by atoms with Crippen LogP contribution in [0.3, 0.4) is 0 Å². The SMILES string of the molecule is Cc1nc2ccccc2nc1NCCC(=O)NC1CC1. The maximum Gasteiger partial charge on any atom is 0.221 e. The summed E-state index contributed by atoms with van der Waals surface area (Å²) in [5.41, 5.74) is 2.61. The number of aromatic nitrogens is 2. The predicted molar refractivity (Wildman–Crippen MR) is 78.5 cm³/mol. The molecule has 2 N–H and O–H groups in total. The highest BCUT2D eigenvalue weighted by Crippen LogP contribution is 2.19. The lowest BCUT2D eigenvalue weighted by molar-refractivity contribution is -0.120. The quantitative estimate of drug-likeness (QED) is 0.872. The van der Waals surface area contributed by atoms with Gasteiger partial charge < -0.3 is 10.6 Å². The summed E-state index contributed by atoms with van der Waals surface area (Å²) in [6.45, 7) is 2.50. The number of nitrogens with zero attached hydrogens (tertiary/aromatic N) is 2. The number of amides is 1. The fourth-order valence-electron chi connectivity index (χ4n) is 2.08. The summed E-state index contributed by atoms with van der Waals surface area (Å²) in [6.07, 6.45) is 2.70. The Morgan fingerprint density at radius 1 is 1.25 bits per heavy atom. The van der Waals surface area contributed by atoms with Gasteiger partial charge in [0.05, 0.1) is 16.7 Å². The van der Waals surface area contributed by atoms with Gasteiger partial charge in [-0.05, 0) is 31.9 Å². The molecule has 1 amide bonds. The average Bonchev–Trinajstić information content (AvgIpc) is 3.23. The summed E-state index contributed by atoms with van der Waals surface area (Å²) in [4.78, 5) is 20.6. The third-order valence-corrected chi connectivity index (χ3v) is 3.33. The molecule has 0 aliphatic heterocycles. The molecule has 3 rings (SSSR count). The number of hydrogen-bond donors (Lipinski definition) is 2. The molecule has 2 aromatic rings. The molecule has 5 heteroatoms. The fourth-order valence-corrected chi connectivity index (χ4v) is 2.08. The zero-order valence-corrected chi connectivity index (χ0v) is 11.5. The van der Waals surface area contributed by atoms with Gasteiger partial charge in [-0.25, -0.2) is 9.97 Å². The predicted octanol–water partition coefficient (Wildman–Crippen LogP) is 2.02. The number of hydrogen-bond acceptors (Lipinski definition) is 4. The number of rotatable bonds is 5. The molecule has 1 fully saturated rings. The first kappa shape index (κ1) is 12.8. The molecule has 1 aromatic heterocycles. The van der Waals surface area contributed by atoms with E-state index in [1.807, 2.05) is 31.2 Å². The largest absolute Gasteiger partial charge is 0.368 e. The zero-order chi connectivity index (χ0) is 13.9. The number of nitrogens with one attached hydrogen (secondary N) is 2. The van der Waals surface area contributed by atoms with Crippen molar-refractivity contribution in [1.82, 2.24) is 15.3 Å². The smallest absolute Gasteiger partial charge is 0.221 e. The molecule has 0 bridgehead atoms. The second-order valence-electron chi connectivity index (χ2n) is 5.16. The van der Waals surface area contributed by atoms with E-state index in [1.54, 1.807) is 0 Å². The molecule has 0 spiro atoms. The standard InChI is InChI=1S/C15H18N4O/c1-10-15(16-9-8-14(20)18-11-6-7-11)19-13-5-3-2-4-12(13)17-10/h2-5,11H,6-9H2,1H3,(H,16,19)(H,18,20). The van der Waals surface area contributed by atoms with Crippen LogP contribution in [0.2, 0.25) is 0 Å². The lowest BCUT2D eigenvalue weighted by atomic mass is 10.3. The molecule has 0 atom stereocenters. The van der Waals surface area contributed by atoms with E-state index in [4.69, 9.17) is 0 Å². The van der Waals surface area contributed by atoms with E-state index in [2.05, 4.69) is 20.6 Å². The first-order valence-electron chi connectivity index (χ1n) is 6.99. The van der Waals surface area contributed by atoms with Crippen LogP contribution in [-0.2, 0) is 4.79 Å². The van der Waals surface area contributed by atoms with Gasteiger partial charge in [-0.2, -0.15) is 0 Å². The second-order valence-corrected chi connectivity index (χ2v) is 5.16. The molecule has 1 aliphatic carbocycles. The summed E-state index contributed by atoms with van der Waals surface area (Å²) in [6, 6.07) is 8.20. The first-order valence-corrected chi connectivity index (χ1v) is 6.99. The van der Waals surface area contributed by atoms with Gasteiger partial charge in [0.2, 0.25) is 5.91 Å². The topological polar surface area (TPSA) is 66.9 Å². The van der Waals surface area contributed by atoms with E-state index in [1.165, 1.54) is 0 Å². The van der Waals surface area contributed by atoms with Crippen molar-refractivity contribution >= 4 is 22.8 Å². The molecule has 5 nitrogen and oxygen atoms in total.